The maximum absolute atomic E-state index is 13.5. The van der Waals surface area contributed by atoms with Crippen LogP contribution in [-0.2, 0) is 4.74 Å². The highest BCUT2D eigenvalue weighted by Crippen LogP contribution is 2.15. The highest BCUT2D eigenvalue weighted by atomic mass is 19.1. The quantitative estimate of drug-likeness (QED) is 0.492. The van der Waals surface area contributed by atoms with Crippen LogP contribution in [0.3, 0.4) is 0 Å². The Bertz CT molecular complexity index is 751. The Morgan fingerprint density at radius 1 is 1.05 bits per heavy atom. The maximum Gasteiger partial charge on any atom is 0.338 e. The summed E-state index contributed by atoms with van der Waals surface area (Å²) in [6.45, 7) is 0. The minimum atomic E-state index is -0.934. The van der Waals surface area contributed by atoms with Gasteiger partial charge in [-0.05, 0) is 29.8 Å². The molecule has 0 aliphatic carbocycles. The molecule has 3 nitrogen and oxygen atoms in total. The van der Waals surface area contributed by atoms with Gasteiger partial charge in [0, 0.05) is 6.07 Å². The second-order valence-corrected chi connectivity index (χ2v) is 4.40. The van der Waals surface area contributed by atoms with E-state index in [4.69, 9.17) is 0 Å². The van der Waals surface area contributed by atoms with E-state index in [9.17, 15) is 18.4 Å². The van der Waals surface area contributed by atoms with Gasteiger partial charge in [0.05, 0.1) is 18.2 Å². The Kier molecular flexibility index (Phi) is 4.78. The average molecular weight is 302 g/mol. The molecule has 0 saturated heterocycles. The number of hydrogen-bond acceptors (Lipinski definition) is 3. The molecule has 0 atom stereocenters. The first-order valence-corrected chi connectivity index (χ1v) is 6.37. The van der Waals surface area contributed by atoms with Crippen LogP contribution in [0.5, 0.6) is 0 Å². The molecule has 112 valence electrons. The van der Waals surface area contributed by atoms with Crippen LogP contribution in [0, 0.1) is 11.6 Å². The molecule has 0 fully saturated rings. The SMILES string of the molecule is COC(=O)c1ccccc1/C=C/C(=O)c1ccc(F)cc1F. The van der Waals surface area contributed by atoms with Crippen molar-refractivity contribution < 1.29 is 23.1 Å². The number of rotatable bonds is 4. The number of ketones is 1. The zero-order valence-corrected chi connectivity index (χ0v) is 11.7. The lowest BCUT2D eigenvalue weighted by Crippen LogP contribution is -2.04. The molecule has 0 aliphatic rings. The predicted molar refractivity (Wildman–Crippen MR) is 77.5 cm³/mol. The fourth-order valence-corrected chi connectivity index (χ4v) is 1.88. The summed E-state index contributed by atoms with van der Waals surface area (Å²) in [5, 5.41) is 0. The highest BCUT2D eigenvalue weighted by Gasteiger charge is 2.11. The maximum atomic E-state index is 13.5. The van der Waals surface area contributed by atoms with Crippen LogP contribution < -0.4 is 0 Å². The van der Waals surface area contributed by atoms with Crippen molar-refractivity contribution in [3.8, 4) is 0 Å². The van der Waals surface area contributed by atoms with Crippen molar-refractivity contribution in [3.05, 3.63) is 76.9 Å². The van der Waals surface area contributed by atoms with Crippen molar-refractivity contribution in [1.82, 2.24) is 0 Å². The second kappa shape index (κ2) is 6.76. The molecular formula is C17H12F2O3. The van der Waals surface area contributed by atoms with Gasteiger partial charge in [-0.1, -0.05) is 24.3 Å². The van der Waals surface area contributed by atoms with E-state index in [0.717, 1.165) is 18.2 Å². The number of benzene rings is 2. The van der Waals surface area contributed by atoms with Crippen molar-refractivity contribution in [1.29, 1.82) is 0 Å². The van der Waals surface area contributed by atoms with Gasteiger partial charge in [-0.25, -0.2) is 13.6 Å². The fraction of sp³-hybridized carbons (Fsp3) is 0.0588. The van der Waals surface area contributed by atoms with Gasteiger partial charge in [-0.3, -0.25) is 4.79 Å². The second-order valence-electron chi connectivity index (χ2n) is 4.40. The fourth-order valence-electron chi connectivity index (χ4n) is 1.88. The number of esters is 1. The predicted octanol–water partition coefficient (Wildman–Crippen LogP) is 3.65. The molecule has 2 aromatic carbocycles. The molecule has 0 radical (unpaired) electrons. The molecule has 2 rings (SSSR count). The van der Waals surface area contributed by atoms with E-state index < -0.39 is 23.4 Å². The lowest BCUT2D eigenvalue weighted by molar-refractivity contribution is 0.0600. The van der Waals surface area contributed by atoms with Crippen molar-refractivity contribution in [3.63, 3.8) is 0 Å². The summed E-state index contributed by atoms with van der Waals surface area (Å²) in [7, 11) is 1.25. The van der Waals surface area contributed by atoms with Crippen LogP contribution in [0.25, 0.3) is 6.08 Å². The molecule has 5 heteroatoms. The number of carbonyl (C=O) groups excluding carboxylic acids is 2. The first kappa shape index (κ1) is 15.6. The Morgan fingerprint density at radius 3 is 2.45 bits per heavy atom. The Hall–Kier alpha value is -2.82. The molecule has 0 heterocycles. The van der Waals surface area contributed by atoms with Gasteiger partial charge in [-0.15, -0.1) is 0 Å². The largest absolute Gasteiger partial charge is 0.465 e. The smallest absolute Gasteiger partial charge is 0.338 e. The van der Waals surface area contributed by atoms with Gasteiger partial charge < -0.3 is 4.74 Å². The number of ether oxygens (including phenoxy) is 1. The van der Waals surface area contributed by atoms with Crippen LogP contribution >= 0.6 is 0 Å². The van der Waals surface area contributed by atoms with Gasteiger partial charge >= 0.3 is 5.97 Å². The van der Waals surface area contributed by atoms with Crippen LogP contribution in [0.15, 0.2) is 48.5 Å². The van der Waals surface area contributed by atoms with E-state index in [2.05, 4.69) is 4.74 Å². The van der Waals surface area contributed by atoms with Crippen molar-refractivity contribution >= 4 is 17.8 Å². The molecular weight excluding hydrogens is 290 g/mol. The standard InChI is InChI=1S/C17H12F2O3/c1-22-17(21)13-5-3-2-4-11(13)6-9-16(20)14-8-7-12(18)10-15(14)19/h2-10H,1H3/b9-6+. The minimum Gasteiger partial charge on any atom is -0.465 e. The Labute approximate surface area is 125 Å². The summed E-state index contributed by atoms with van der Waals surface area (Å²) < 4.78 is 31.0. The van der Waals surface area contributed by atoms with E-state index in [-0.39, 0.29) is 11.1 Å². The lowest BCUT2D eigenvalue weighted by Gasteiger charge is -2.03. The zero-order chi connectivity index (χ0) is 16.1. The third-order valence-corrected chi connectivity index (χ3v) is 2.98. The van der Waals surface area contributed by atoms with E-state index in [1.807, 2.05) is 0 Å². The molecule has 0 aliphatic heterocycles. The molecule has 0 spiro atoms. The number of carbonyl (C=O) groups is 2. The number of hydrogen-bond donors (Lipinski definition) is 0. The monoisotopic (exact) mass is 302 g/mol. The van der Waals surface area contributed by atoms with E-state index in [0.29, 0.717) is 11.6 Å². The van der Waals surface area contributed by atoms with Gasteiger partial charge in [0.15, 0.2) is 5.78 Å². The van der Waals surface area contributed by atoms with Crippen molar-refractivity contribution in [2.45, 2.75) is 0 Å². The van der Waals surface area contributed by atoms with Crippen molar-refractivity contribution in [2.24, 2.45) is 0 Å². The molecule has 0 N–H and O–H groups in total. The minimum absolute atomic E-state index is 0.242. The molecule has 0 aromatic heterocycles. The summed E-state index contributed by atoms with van der Waals surface area (Å²) in [6.07, 6.45) is 2.51. The molecule has 0 amide bonds. The number of allylic oxidation sites excluding steroid dienone is 1. The van der Waals surface area contributed by atoms with E-state index >= 15 is 0 Å². The Morgan fingerprint density at radius 2 is 1.77 bits per heavy atom. The first-order valence-electron chi connectivity index (χ1n) is 6.37. The summed E-state index contributed by atoms with van der Waals surface area (Å²) in [5.41, 5.74) is 0.507. The van der Waals surface area contributed by atoms with Gasteiger partial charge in [0.2, 0.25) is 0 Å². The van der Waals surface area contributed by atoms with E-state index in [1.54, 1.807) is 24.3 Å². The normalized spacial score (nSPS) is 10.7. The first-order chi connectivity index (χ1) is 10.5. The van der Waals surface area contributed by atoms with Gasteiger partial charge in [-0.2, -0.15) is 0 Å². The third kappa shape index (κ3) is 3.44. The topological polar surface area (TPSA) is 43.4 Å². The third-order valence-electron chi connectivity index (χ3n) is 2.98. The van der Waals surface area contributed by atoms with E-state index in [1.165, 1.54) is 13.2 Å². The number of halogens is 2. The van der Waals surface area contributed by atoms with Crippen molar-refractivity contribution in [2.75, 3.05) is 7.11 Å². The van der Waals surface area contributed by atoms with Gasteiger partial charge in [0.25, 0.3) is 0 Å². The molecule has 0 unspecified atom stereocenters. The molecule has 2 aromatic rings. The van der Waals surface area contributed by atoms with Crippen LogP contribution in [0.4, 0.5) is 8.78 Å². The van der Waals surface area contributed by atoms with Crippen LogP contribution in [0.1, 0.15) is 26.3 Å². The summed E-state index contributed by atoms with van der Waals surface area (Å²) >= 11 is 0. The molecule has 22 heavy (non-hydrogen) atoms. The van der Waals surface area contributed by atoms with Gasteiger partial charge in [0.1, 0.15) is 11.6 Å². The molecule has 0 bridgehead atoms. The summed E-state index contributed by atoms with van der Waals surface area (Å²) in [4.78, 5) is 23.5. The highest BCUT2D eigenvalue weighted by molar-refractivity contribution is 6.07. The summed E-state index contributed by atoms with van der Waals surface area (Å²) in [6, 6.07) is 9.24. The van der Waals surface area contributed by atoms with Crippen LogP contribution in [0.2, 0.25) is 0 Å². The Balaban J connectivity index is 2.29. The number of methoxy groups -OCH3 is 1. The van der Waals surface area contributed by atoms with Crippen LogP contribution in [-0.4, -0.2) is 18.9 Å². The lowest BCUT2D eigenvalue weighted by atomic mass is 10.0. The molecule has 0 saturated carbocycles. The summed E-state index contributed by atoms with van der Waals surface area (Å²) in [5.74, 6) is -2.86. The average Bonchev–Trinajstić information content (AvgIpc) is 2.52. The zero-order valence-electron chi connectivity index (χ0n) is 11.7.